The summed E-state index contributed by atoms with van der Waals surface area (Å²) in [6.07, 6.45) is 0. The van der Waals surface area contributed by atoms with Crippen molar-refractivity contribution in [3.8, 4) is 5.75 Å². The predicted octanol–water partition coefficient (Wildman–Crippen LogP) is 2.62. The van der Waals surface area contributed by atoms with Gasteiger partial charge in [0, 0.05) is 0 Å². The SMILES string of the molecule is Cc1ccc(C)c(OCc2nnc(N)s2)c1C. The molecule has 4 nitrogen and oxygen atoms in total. The summed E-state index contributed by atoms with van der Waals surface area (Å²) < 4.78 is 5.80. The van der Waals surface area contributed by atoms with Crippen LogP contribution < -0.4 is 10.5 Å². The molecule has 1 heterocycles. The molecule has 17 heavy (non-hydrogen) atoms. The van der Waals surface area contributed by atoms with Gasteiger partial charge in [-0.1, -0.05) is 23.5 Å². The molecule has 2 aromatic rings. The van der Waals surface area contributed by atoms with Gasteiger partial charge in [0.15, 0.2) is 5.01 Å². The number of benzene rings is 1. The minimum Gasteiger partial charge on any atom is -0.486 e. The third kappa shape index (κ3) is 2.55. The Kier molecular flexibility index (Phi) is 3.28. The van der Waals surface area contributed by atoms with E-state index in [0.29, 0.717) is 11.7 Å². The van der Waals surface area contributed by atoms with Crippen molar-refractivity contribution in [1.82, 2.24) is 10.2 Å². The lowest BCUT2D eigenvalue weighted by atomic mass is 10.1. The van der Waals surface area contributed by atoms with Crippen molar-refractivity contribution in [3.05, 3.63) is 33.8 Å². The van der Waals surface area contributed by atoms with Gasteiger partial charge in [-0.05, 0) is 37.5 Å². The Bertz CT molecular complexity index is 537. The molecule has 5 heteroatoms. The van der Waals surface area contributed by atoms with E-state index in [2.05, 4.69) is 36.2 Å². The van der Waals surface area contributed by atoms with E-state index in [0.717, 1.165) is 16.3 Å². The van der Waals surface area contributed by atoms with Crippen molar-refractivity contribution in [2.24, 2.45) is 0 Å². The highest BCUT2D eigenvalue weighted by molar-refractivity contribution is 7.15. The highest BCUT2D eigenvalue weighted by Gasteiger charge is 2.08. The molecule has 0 radical (unpaired) electrons. The molecule has 90 valence electrons. The molecular formula is C12H15N3OS. The monoisotopic (exact) mass is 249 g/mol. The molecule has 0 aliphatic carbocycles. The first kappa shape index (κ1) is 11.9. The van der Waals surface area contributed by atoms with Crippen molar-refractivity contribution in [1.29, 1.82) is 0 Å². The van der Waals surface area contributed by atoms with Gasteiger partial charge in [0.1, 0.15) is 12.4 Å². The molecule has 0 aliphatic heterocycles. The van der Waals surface area contributed by atoms with Crippen LogP contribution in [0.2, 0.25) is 0 Å². The Balaban J connectivity index is 2.16. The summed E-state index contributed by atoms with van der Waals surface area (Å²) >= 11 is 1.35. The lowest BCUT2D eigenvalue weighted by Crippen LogP contribution is -1.99. The summed E-state index contributed by atoms with van der Waals surface area (Å²) in [5.41, 5.74) is 9.04. The molecule has 0 saturated heterocycles. The number of hydrogen-bond donors (Lipinski definition) is 1. The van der Waals surface area contributed by atoms with Crippen LogP contribution in [0.5, 0.6) is 5.75 Å². The zero-order valence-electron chi connectivity index (χ0n) is 10.2. The molecule has 0 unspecified atom stereocenters. The van der Waals surface area contributed by atoms with E-state index in [4.69, 9.17) is 10.5 Å². The van der Waals surface area contributed by atoms with Gasteiger partial charge in [-0.25, -0.2) is 0 Å². The van der Waals surface area contributed by atoms with Gasteiger partial charge in [-0.15, -0.1) is 10.2 Å². The van der Waals surface area contributed by atoms with Gasteiger partial charge in [-0.3, -0.25) is 0 Å². The molecule has 0 spiro atoms. The third-order valence-corrected chi connectivity index (χ3v) is 3.42. The molecular weight excluding hydrogens is 234 g/mol. The lowest BCUT2D eigenvalue weighted by Gasteiger charge is -2.12. The maximum Gasteiger partial charge on any atom is 0.203 e. The van der Waals surface area contributed by atoms with Crippen molar-refractivity contribution in [3.63, 3.8) is 0 Å². The Hall–Kier alpha value is -1.62. The van der Waals surface area contributed by atoms with Gasteiger partial charge in [-0.2, -0.15) is 0 Å². The van der Waals surface area contributed by atoms with Crippen LogP contribution in [0.25, 0.3) is 0 Å². The van der Waals surface area contributed by atoms with E-state index in [-0.39, 0.29) is 0 Å². The molecule has 1 aromatic carbocycles. The van der Waals surface area contributed by atoms with E-state index >= 15 is 0 Å². The second-order valence-electron chi connectivity index (χ2n) is 3.98. The molecule has 0 bridgehead atoms. The third-order valence-electron chi connectivity index (χ3n) is 2.70. The average molecular weight is 249 g/mol. The second kappa shape index (κ2) is 4.71. The normalized spacial score (nSPS) is 10.5. The number of hydrogen-bond acceptors (Lipinski definition) is 5. The first-order valence-electron chi connectivity index (χ1n) is 5.35. The van der Waals surface area contributed by atoms with E-state index in [1.54, 1.807) is 0 Å². The number of nitrogen functional groups attached to an aromatic ring is 1. The fourth-order valence-corrected chi connectivity index (χ4v) is 2.13. The van der Waals surface area contributed by atoms with Crippen LogP contribution in [0.1, 0.15) is 21.7 Å². The second-order valence-corrected chi connectivity index (χ2v) is 5.07. The predicted molar refractivity (Wildman–Crippen MR) is 69.3 cm³/mol. The molecule has 0 atom stereocenters. The number of nitrogens with zero attached hydrogens (tertiary/aromatic N) is 2. The van der Waals surface area contributed by atoms with Gasteiger partial charge in [0.05, 0.1) is 0 Å². The Morgan fingerprint density at radius 3 is 2.53 bits per heavy atom. The minimum absolute atomic E-state index is 0.417. The first-order valence-corrected chi connectivity index (χ1v) is 6.17. The summed E-state index contributed by atoms with van der Waals surface area (Å²) in [6.45, 7) is 6.59. The zero-order chi connectivity index (χ0) is 12.4. The van der Waals surface area contributed by atoms with Gasteiger partial charge >= 0.3 is 0 Å². The highest BCUT2D eigenvalue weighted by atomic mass is 32.1. The maximum atomic E-state index is 5.80. The summed E-state index contributed by atoms with van der Waals surface area (Å²) in [4.78, 5) is 0. The fourth-order valence-electron chi connectivity index (χ4n) is 1.61. The fraction of sp³-hybridized carbons (Fsp3) is 0.333. The van der Waals surface area contributed by atoms with Crippen LogP contribution >= 0.6 is 11.3 Å². The Labute approximate surface area is 104 Å². The zero-order valence-corrected chi connectivity index (χ0v) is 11.0. The topological polar surface area (TPSA) is 61.0 Å². The molecule has 0 amide bonds. The van der Waals surface area contributed by atoms with E-state index in [1.807, 2.05) is 6.92 Å². The van der Waals surface area contributed by atoms with Gasteiger partial charge in [0.25, 0.3) is 0 Å². The van der Waals surface area contributed by atoms with E-state index in [9.17, 15) is 0 Å². The number of aryl methyl sites for hydroxylation is 2. The van der Waals surface area contributed by atoms with Gasteiger partial charge < -0.3 is 10.5 Å². The van der Waals surface area contributed by atoms with Crippen LogP contribution in [0.4, 0.5) is 5.13 Å². The minimum atomic E-state index is 0.417. The van der Waals surface area contributed by atoms with Crippen LogP contribution in [0.3, 0.4) is 0 Å². The highest BCUT2D eigenvalue weighted by Crippen LogP contribution is 2.27. The number of aromatic nitrogens is 2. The lowest BCUT2D eigenvalue weighted by molar-refractivity contribution is 0.300. The van der Waals surface area contributed by atoms with Crippen LogP contribution in [-0.4, -0.2) is 10.2 Å². The average Bonchev–Trinajstić information content (AvgIpc) is 2.70. The summed E-state index contributed by atoms with van der Waals surface area (Å²) in [6, 6.07) is 4.16. The Morgan fingerprint density at radius 2 is 1.88 bits per heavy atom. The molecule has 0 saturated carbocycles. The van der Waals surface area contributed by atoms with Crippen LogP contribution in [-0.2, 0) is 6.61 Å². The maximum absolute atomic E-state index is 5.80. The van der Waals surface area contributed by atoms with Crippen LogP contribution in [0.15, 0.2) is 12.1 Å². The number of nitrogens with two attached hydrogens (primary N) is 1. The molecule has 2 N–H and O–H groups in total. The molecule has 0 aliphatic rings. The molecule has 1 aromatic heterocycles. The Morgan fingerprint density at radius 1 is 1.18 bits per heavy atom. The van der Waals surface area contributed by atoms with Crippen LogP contribution in [0, 0.1) is 20.8 Å². The number of anilines is 1. The van der Waals surface area contributed by atoms with Gasteiger partial charge in [0.2, 0.25) is 5.13 Å². The summed E-state index contributed by atoms with van der Waals surface area (Å²) in [5.74, 6) is 0.929. The summed E-state index contributed by atoms with van der Waals surface area (Å²) in [7, 11) is 0. The smallest absolute Gasteiger partial charge is 0.203 e. The van der Waals surface area contributed by atoms with E-state index < -0.39 is 0 Å². The molecule has 0 fully saturated rings. The number of ether oxygens (including phenoxy) is 1. The standard InChI is InChI=1S/C12H15N3OS/c1-7-4-5-8(2)11(9(7)3)16-6-10-14-15-12(13)17-10/h4-5H,6H2,1-3H3,(H2,13,15). The first-order chi connectivity index (χ1) is 8.08. The van der Waals surface area contributed by atoms with Crippen molar-refractivity contribution in [2.75, 3.05) is 5.73 Å². The number of rotatable bonds is 3. The quantitative estimate of drug-likeness (QED) is 0.908. The molecule has 2 rings (SSSR count). The van der Waals surface area contributed by atoms with Crippen molar-refractivity contribution < 1.29 is 4.74 Å². The van der Waals surface area contributed by atoms with Crippen molar-refractivity contribution >= 4 is 16.5 Å². The summed E-state index contributed by atoms with van der Waals surface area (Å²) in [5, 5.41) is 8.96. The van der Waals surface area contributed by atoms with Crippen molar-refractivity contribution in [2.45, 2.75) is 27.4 Å². The van der Waals surface area contributed by atoms with E-state index in [1.165, 1.54) is 22.5 Å². The largest absolute Gasteiger partial charge is 0.486 e.